The van der Waals surface area contributed by atoms with E-state index in [1.807, 2.05) is 73.0 Å². The van der Waals surface area contributed by atoms with Gasteiger partial charge in [0.2, 0.25) is 0 Å². The molecule has 3 aromatic carbocycles. The number of primary amides is 1. The lowest BCUT2D eigenvalue weighted by atomic mass is 10.1. The van der Waals surface area contributed by atoms with Gasteiger partial charge in [-0.05, 0) is 60.9 Å². The summed E-state index contributed by atoms with van der Waals surface area (Å²) in [5.74, 6) is 1.27. The molecule has 1 amide bonds. The minimum atomic E-state index is -1.65. The maximum Gasteiger partial charge on any atom is 0.404 e. The van der Waals surface area contributed by atoms with Crippen molar-refractivity contribution in [3.8, 4) is 11.5 Å². The number of nitrogens with zero attached hydrogens (tertiary/aromatic N) is 2. The SMILES string of the molecule is COC(=O)C(C)OP(COc1ccc(Cn2c(COC(N)=O)nc(C(C)C)c2Sc2cc(Cl)cc(Cl)c2)cc1)Oc1ccccc1. The van der Waals surface area contributed by atoms with Gasteiger partial charge in [0.15, 0.2) is 19.1 Å². The van der Waals surface area contributed by atoms with Gasteiger partial charge >= 0.3 is 12.1 Å². The molecule has 2 unspecified atom stereocenters. The van der Waals surface area contributed by atoms with Gasteiger partial charge in [0.1, 0.15) is 22.3 Å². The van der Waals surface area contributed by atoms with E-state index < -0.39 is 26.5 Å². The number of aromatic nitrogens is 2. The number of rotatable bonds is 15. The van der Waals surface area contributed by atoms with Crippen molar-refractivity contribution < 1.29 is 32.8 Å². The molecule has 0 fully saturated rings. The number of halogens is 2. The minimum absolute atomic E-state index is 0.0682. The fraction of sp³-hybridized carbons (Fsp3) is 0.281. The molecule has 4 aromatic rings. The van der Waals surface area contributed by atoms with Crippen LogP contribution in [0.25, 0.3) is 0 Å². The Morgan fingerprint density at radius 2 is 1.65 bits per heavy atom. The predicted molar refractivity (Wildman–Crippen MR) is 179 cm³/mol. The summed E-state index contributed by atoms with van der Waals surface area (Å²) in [6, 6.07) is 22.0. The molecule has 2 N–H and O–H groups in total. The lowest BCUT2D eigenvalue weighted by Crippen LogP contribution is -2.22. The van der Waals surface area contributed by atoms with Crippen molar-refractivity contribution in [3.63, 3.8) is 0 Å². The molecule has 0 aliphatic heterocycles. The van der Waals surface area contributed by atoms with Crippen LogP contribution in [0.5, 0.6) is 11.5 Å². The zero-order chi connectivity index (χ0) is 33.2. The van der Waals surface area contributed by atoms with Gasteiger partial charge < -0.3 is 33.6 Å². The zero-order valence-electron chi connectivity index (χ0n) is 25.6. The lowest BCUT2D eigenvalue weighted by Gasteiger charge is -2.21. The number of hydrogen-bond acceptors (Lipinski definition) is 9. The number of amides is 1. The molecule has 0 aliphatic rings. The molecule has 0 spiro atoms. The van der Waals surface area contributed by atoms with E-state index in [1.54, 1.807) is 25.1 Å². The van der Waals surface area contributed by atoms with E-state index in [0.717, 1.165) is 21.2 Å². The summed E-state index contributed by atoms with van der Waals surface area (Å²) in [4.78, 5) is 29.1. The Morgan fingerprint density at radius 1 is 0.978 bits per heavy atom. The second-order valence-corrected chi connectivity index (χ2v) is 13.5. The van der Waals surface area contributed by atoms with Crippen molar-refractivity contribution in [1.82, 2.24) is 9.55 Å². The number of ether oxygens (including phenoxy) is 3. The van der Waals surface area contributed by atoms with Crippen LogP contribution in [0.15, 0.2) is 82.7 Å². The highest BCUT2D eigenvalue weighted by Gasteiger charge is 2.24. The van der Waals surface area contributed by atoms with Crippen LogP contribution in [0.4, 0.5) is 4.79 Å². The number of esters is 1. The number of carbonyl (C=O) groups is 2. The largest absolute Gasteiger partial charge is 0.483 e. The van der Waals surface area contributed by atoms with Crippen LogP contribution >= 0.6 is 43.3 Å². The molecule has 14 heteroatoms. The summed E-state index contributed by atoms with van der Waals surface area (Å²) in [5, 5.41) is 1.89. The molecule has 0 saturated carbocycles. The summed E-state index contributed by atoms with van der Waals surface area (Å²) in [5.41, 5.74) is 7.04. The molecular formula is C32H34Cl2N3O7PS. The summed E-state index contributed by atoms with van der Waals surface area (Å²) < 4.78 is 29.8. The van der Waals surface area contributed by atoms with Crippen molar-refractivity contribution in [2.75, 3.05) is 13.5 Å². The number of methoxy groups -OCH3 is 1. The van der Waals surface area contributed by atoms with E-state index in [1.165, 1.54) is 18.9 Å². The van der Waals surface area contributed by atoms with Crippen molar-refractivity contribution >= 4 is 55.4 Å². The fourth-order valence-corrected chi connectivity index (χ4v) is 7.28. The Hall–Kier alpha value is -3.47. The zero-order valence-corrected chi connectivity index (χ0v) is 28.9. The highest BCUT2D eigenvalue weighted by molar-refractivity contribution is 7.99. The third-order valence-corrected chi connectivity index (χ3v) is 9.16. The minimum Gasteiger partial charge on any atom is -0.483 e. The van der Waals surface area contributed by atoms with Crippen molar-refractivity contribution in [2.24, 2.45) is 5.73 Å². The van der Waals surface area contributed by atoms with Gasteiger partial charge in [-0.3, -0.25) is 0 Å². The standard InChI is InChI=1S/C32H34Cl2N3O7PS/c1-20(2)29-30(46-27-15-23(33)14-24(34)16-27)37(28(36-29)18-41-32(35)39)17-22-10-12-25(13-11-22)42-19-45(43-21(3)31(38)40-4)44-26-8-6-5-7-9-26/h5-16,20-21H,17-19H2,1-4H3,(H2,35,39). The van der Waals surface area contributed by atoms with Crippen molar-refractivity contribution in [2.45, 2.75) is 55.9 Å². The van der Waals surface area contributed by atoms with Crippen LogP contribution in [-0.4, -0.2) is 41.2 Å². The van der Waals surface area contributed by atoms with Crippen LogP contribution in [0, 0.1) is 0 Å². The van der Waals surface area contributed by atoms with Gasteiger partial charge in [0, 0.05) is 21.5 Å². The van der Waals surface area contributed by atoms with E-state index >= 15 is 0 Å². The molecule has 0 saturated heterocycles. The van der Waals surface area contributed by atoms with Gasteiger partial charge in [-0.15, -0.1) is 0 Å². The molecule has 46 heavy (non-hydrogen) atoms. The van der Waals surface area contributed by atoms with E-state index in [2.05, 4.69) is 0 Å². The quantitative estimate of drug-likeness (QED) is 0.0959. The average Bonchev–Trinajstić information content (AvgIpc) is 3.35. The second kappa shape index (κ2) is 16.9. The molecule has 0 radical (unpaired) electrons. The number of carbonyl (C=O) groups excluding carboxylic acids is 2. The topological polar surface area (TPSA) is 124 Å². The second-order valence-electron chi connectivity index (χ2n) is 10.2. The van der Waals surface area contributed by atoms with E-state index in [-0.39, 0.29) is 18.9 Å². The Kier molecular flexibility index (Phi) is 13.0. The predicted octanol–water partition coefficient (Wildman–Crippen LogP) is 8.41. The summed E-state index contributed by atoms with van der Waals surface area (Å²) >= 11 is 14.0. The van der Waals surface area contributed by atoms with Gasteiger partial charge in [-0.25, -0.2) is 14.6 Å². The molecule has 2 atom stereocenters. The average molecular weight is 707 g/mol. The molecule has 1 heterocycles. The normalized spacial score (nSPS) is 12.4. The van der Waals surface area contributed by atoms with Crippen LogP contribution in [0.1, 0.15) is 43.8 Å². The first-order valence-electron chi connectivity index (χ1n) is 14.1. The van der Waals surface area contributed by atoms with E-state index in [4.69, 9.17) is 57.2 Å². The Balaban J connectivity index is 1.55. The van der Waals surface area contributed by atoms with E-state index in [9.17, 15) is 9.59 Å². The number of nitrogens with two attached hydrogens (primary N) is 1. The molecule has 0 aliphatic carbocycles. The Morgan fingerprint density at radius 3 is 2.26 bits per heavy atom. The number of hydrogen-bond donors (Lipinski definition) is 1. The molecular weight excluding hydrogens is 672 g/mol. The molecule has 244 valence electrons. The van der Waals surface area contributed by atoms with Gasteiger partial charge in [0.25, 0.3) is 8.38 Å². The highest BCUT2D eigenvalue weighted by atomic mass is 35.5. The molecule has 0 bridgehead atoms. The third kappa shape index (κ3) is 10.3. The fourth-order valence-electron chi connectivity index (χ4n) is 4.16. The molecule has 10 nitrogen and oxygen atoms in total. The van der Waals surface area contributed by atoms with Crippen LogP contribution < -0.4 is 15.0 Å². The first-order chi connectivity index (χ1) is 22.0. The number of benzene rings is 3. The van der Waals surface area contributed by atoms with Crippen molar-refractivity contribution in [1.29, 1.82) is 0 Å². The summed E-state index contributed by atoms with van der Waals surface area (Å²) in [6.45, 7) is 6.00. The Bertz CT molecular complexity index is 1600. The first-order valence-corrected chi connectivity index (χ1v) is 17.1. The molecule has 4 rings (SSSR count). The van der Waals surface area contributed by atoms with Gasteiger partial charge in [0.05, 0.1) is 12.8 Å². The number of para-hydroxylation sites is 1. The Labute approximate surface area is 283 Å². The lowest BCUT2D eigenvalue weighted by molar-refractivity contribution is -0.147. The van der Waals surface area contributed by atoms with Crippen molar-refractivity contribution in [3.05, 3.63) is 99.9 Å². The summed E-state index contributed by atoms with van der Waals surface area (Å²) in [7, 11) is -0.344. The number of imidazole rings is 1. The maximum atomic E-state index is 12.0. The van der Waals surface area contributed by atoms with Crippen LogP contribution in [0.3, 0.4) is 0 Å². The first kappa shape index (κ1) is 35.4. The maximum absolute atomic E-state index is 12.0. The van der Waals surface area contributed by atoms with Gasteiger partial charge in [-0.1, -0.05) is 79.1 Å². The van der Waals surface area contributed by atoms with Crippen LogP contribution in [0.2, 0.25) is 10.0 Å². The van der Waals surface area contributed by atoms with Crippen LogP contribution in [-0.2, 0) is 31.9 Å². The van der Waals surface area contributed by atoms with Gasteiger partial charge in [-0.2, -0.15) is 0 Å². The highest BCUT2D eigenvalue weighted by Crippen LogP contribution is 2.41. The third-order valence-electron chi connectivity index (χ3n) is 6.33. The van der Waals surface area contributed by atoms with E-state index in [0.29, 0.717) is 33.9 Å². The monoisotopic (exact) mass is 705 g/mol. The smallest absolute Gasteiger partial charge is 0.404 e. The molecule has 1 aromatic heterocycles. The summed E-state index contributed by atoms with van der Waals surface area (Å²) in [6.07, 6.45) is -1.65.